The normalized spacial score (nSPS) is 16.8. The maximum atomic E-state index is 10.5. The molecule has 2 heterocycles. The molecule has 0 aliphatic carbocycles. The van der Waals surface area contributed by atoms with Crippen LogP contribution in [0.1, 0.15) is 10.5 Å². The lowest BCUT2D eigenvalue weighted by Crippen LogP contribution is -2.52. The first kappa shape index (κ1) is 9.01. The summed E-state index contributed by atoms with van der Waals surface area (Å²) in [4.78, 5) is 16.1. The van der Waals surface area contributed by atoms with Crippen LogP contribution in [0.2, 0.25) is 0 Å². The monoisotopic (exact) mass is 198 g/mol. The Morgan fingerprint density at radius 1 is 1.79 bits per heavy atom. The van der Waals surface area contributed by atoms with Crippen molar-refractivity contribution in [1.29, 1.82) is 0 Å². The van der Waals surface area contributed by atoms with E-state index in [1.54, 1.807) is 7.11 Å². The number of aromatic nitrogens is 1. The maximum Gasteiger partial charge on any atom is 0.357 e. The first-order valence-corrected chi connectivity index (χ1v) is 4.17. The molecular formula is C8H10N2O4. The molecule has 0 unspecified atom stereocenters. The van der Waals surface area contributed by atoms with Gasteiger partial charge in [0, 0.05) is 7.11 Å². The van der Waals surface area contributed by atoms with Crippen LogP contribution in [-0.4, -0.2) is 42.4 Å². The van der Waals surface area contributed by atoms with Gasteiger partial charge in [-0.2, -0.15) is 4.98 Å². The molecule has 76 valence electrons. The summed E-state index contributed by atoms with van der Waals surface area (Å²) in [7, 11) is 1.64. The second-order valence-electron chi connectivity index (χ2n) is 3.08. The molecule has 0 radical (unpaired) electrons. The van der Waals surface area contributed by atoms with Crippen molar-refractivity contribution in [3.8, 4) is 0 Å². The summed E-state index contributed by atoms with van der Waals surface area (Å²) in [5, 5.41) is 8.60. The Hall–Kier alpha value is -1.56. The molecule has 1 aliphatic heterocycles. The molecule has 0 amide bonds. The summed E-state index contributed by atoms with van der Waals surface area (Å²) in [6.07, 6.45) is 1.33. The molecule has 0 saturated carbocycles. The zero-order valence-corrected chi connectivity index (χ0v) is 7.64. The molecule has 1 aromatic heterocycles. The Morgan fingerprint density at radius 3 is 3.00 bits per heavy atom. The summed E-state index contributed by atoms with van der Waals surface area (Å²) in [5.74, 6) is -1.08. The first-order chi connectivity index (χ1) is 6.70. The average Bonchev–Trinajstić information content (AvgIpc) is 2.51. The van der Waals surface area contributed by atoms with Crippen molar-refractivity contribution in [2.45, 2.75) is 6.10 Å². The number of carboxylic acids is 1. The van der Waals surface area contributed by atoms with E-state index in [0.29, 0.717) is 19.1 Å². The fraction of sp³-hybridized carbons (Fsp3) is 0.500. The van der Waals surface area contributed by atoms with Crippen molar-refractivity contribution in [2.24, 2.45) is 0 Å². The standard InChI is InChI=1S/C8H10N2O4/c1-13-5-2-10(3-5)8-9-6(4-14-8)7(11)12/h4-5H,2-3H2,1H3,(H,11,12). The van der Waals surface area contributed by atoms with Gasteiger partial charge in [-0.05, 0) is 0 Å². The van der Waals surface area contributed by atoms with Gasteiger partial charge in [-0.1, -0.05) is 0 Å². The van der Waals surface area contributed by atoms with Crippen LogP contribution in [0.5, 0.6) is 0 Å². The molecule has 1 N–H and O–H groups in total. The fourth-order valence-electron chi connectivity index (χ4n) is 1.25. The second-order valence-corrected chi connectivity index (χ2v) is 3.08. The van der Waals surface area contributed by atoms with Crippen LogP contribution in [0.4, 0.5) is 6.01 Å². The van der Waals surface area contributed by atoms with Crippen LogP contribution >= 0.6 is 0 Å². The van der Waals surface area contributed by atoms with E-state index in [1.807, 2.05) is 4.90 Å². The third-order valence-electron chi connectivity index (χ3n) is 2.16. The maximum absolute atomic E-state index is 10.5. The number of carbonyl (C=O) groups is 1. The predicted molar refractivity (Wildman–Crippen MR) is 46.5 cm³/mol. The van der Waals surface area contributed by atoms with Gasteiger partial charge in [-0.3, -0.25) is 0 Å². The van der Waals surface area contributed by atoms with Crippen molar-refractivity contribution in [3.05, 3.63) is 12.0 Å². The number of carboxylic acid groups (broad SMARTS) is 1. The molecule has 1 aromatic rings. The highest BCUT2D eigenvalue weighted by Crippen LogP contribution is 2.21. The van der Waals surface area contributed by atoms with Gasteiger partial charge in [-0.15, -0.1) is 0 Å². The topological polar surface area (TPSA) is 75.8 Å². The zero-order valence-electron chi connectivity index (χ0n) is 7.64. The molecule has 2 rings (SSSR count). The molecule has 0 bridgehead atoms. The number of anilines is 1. The fourth-order valence-corrected chi connectivity index (χ4v) is 1.25. The van der Waals surface area contributed by atoms with Crippen LogP contribution in [0.3, 0.4) is 0 Å². The number of ether oxygens (including phenoxy) is 1. The Bertz CT molecular complexity index is 343. The lowest BCUT2D eigenvalue weighted by atomic mass is 10.2. The van der Waals surface area contributed by atoms with Crippen molar-refractivity contribution in [2.75, 3.05) is 25.1 Å². The second kappa shape index (κ2) is 3.30. The van der Waals surface area contributed by atoms with E-state index in [1.165, 1.54) is 0 Å². The van der Waals surface area contributed by atoms with Gasteiger partial charge >= 0.3 is 5.97 Å². The van der Waals surface area contributed by atoms with E-state index in [9.17, 15) is 4.79 Å². The van der Waals surface area contributed by atoms with Gasteiger partial charge in [0.05, 0.1) is 19.2 Å². The lowest BCUT2D eigenvalue weighted by molar-refractivity contribution is 0.0690. The van der Waals surface area contributed by atoms with Gasteiger partial charge < -0.3 is 19.2 Å². The smallest absolute Gasteiger partial charge is 0.357 e. The van der Waals surface area contributed by atoms with E-state index in [-0.39, 0.29) is 11.8 Å². The van der Waals surface area contributed by atoms with Crippen molar-refractivity contribution in [1.82, 2.24) is 4.98 Å². The molecule has 6 heteroatoms. The summed E-state index contributed by atoms with van der Waals surface area (Å²) >= 11 is 0. The molecule has 0 atom stereocenters. The van der Waals surface area contributed by atoms with E-state index < -0.39 is 5.97 Å². The molecule has 0 spiro atoms. The van der Waals surface area contributed by atoms with E-state index >= 15 is 0 Å². The minimum absolute atomic E-state index is 0.0686. The molecule has 14 heavy (non-hydrogen) atoms. The number of oxazole rings is 1. The molecule has 0 aromatic carbocycles. The third-order valence-corrected chi connectivity index (χ3v) is 2.16. The Labute approximate surface area is 80.1 Å². The van der Waals surface area contributed by atoms with Crippen LogP contribution in [0, 0.1) is 0 Å². The van der Waals surface area contributed by atoms with Gasteiger partial charge in [0.1, 0.15) is 6.26 Å². The largest absolute Gasteiger partial charge is 0.476 e. The minimum atomic E-state index is -1.08. The Balaban J connectivity index is 2.01. The van der Waals surface area contributed by atoms with Gasteiger partial charge in [0.2, 0.25) is 0 Å². The predicted octanol–water partition coefficient (Wildman–Crippen LogP) is 0.208. The molecule has 6 nitrogen and oxygen atoms in total. The highest BCUT2D eigenvalue weighted by molar-refractivity contribution is 5.85. The van der Waals surface area contributed by atoms with Gasteiger partial charge in [0.15, 0.2) is 5.69 Å². The SMILES string of the molecule is COC1CN(c2nc(C(=O)O)co2)C1. The summed E-state index contributed by atoms with van der Waals surface area (Å²) in [6, 6.07) is 0.343. The third kappa shape index (κ3) is 1.44. The van der Waals surface area contributed by atoms with E-state index in [4.69, 9.17) is 14.3 Å². The van der Waals surface area contributed by atoms with Gasteiger partial charge in [-0.25, -0.2) is 4.79 Å². The van der Waals surface area contributed by atoms with Crippen LogP contribution in [0.25, 0.3) is 0 Å². The minimum Gasteiger partial charge on any atom is -0.476 e. The molecule has 1 aliphatic rings. The number of rotatable bonds is 3. The van der Waals surface area contributed by atoms with Crippen molar-refractivity contribution in [3.63, 3.8) is 0 Å². The zero-order chi connectivity index (χ0) is 10.1. The Kier molecular flexibility index (Phi) is 2.12. The highest BCUT2D eigenvalue weighted by atomic mass is 16.5. The number of aromatic carboxylic acids is 1. The molecule has 1 fully saturated rings. The van der Waals surface area contributed by atoms with Crippen molar-refractivity contribution < 1.29 is 19.1 Å². The lowest BCUT2D eigenvalue weighted by Gasteiger charge is -2.36. The number of hydrogen-bond acceptors (Lipinski definition) is 5. The van der Waals surface area contributed by atoms with Crippen LogP contribution < -0.4 is 4.90 Å². The Morgan fingerprint density at radius 2 is 2.50 bits per heavy atom. The van der Waals surface area contributed by atoms with Crippen LogP contribution in [0.15, 0.2) is 10.7 Å². The summed E-state index contributed by atoms with van der Waals surface area (Å²) in [5.41, 5.74) is -0.0686. The highest BCUT2D eigenvalue weighted by Gasteiger charge is 2.30. The van der Waals surface area contributed by atoms with E-state index in [2.05, 4.69) is 4.98 Å². The van der Waals surface area contributed by atoms with Gasteiger partial charge in [0.25, 0.3) is 6.01 Å². The molecular weight excluding hydrogens is 188 g/mol. The average molecular weight is 198 g/mol. The summed E-state index contributed by atoms with van der Waals surface area (Å²) < 4.78 is 10.1. The number of nitrogens with zero attached hydrogens (tertiary/aromatic N) is 2. The van der Waals surface area contributed by atoms with Crippen molar-refractivity contribution >= 4 is 12.0 Å². The molecule has 1 saturated heterocycles. The van der Waals surface area contributed by atoms with E-state index in [0.717, 1.165) is 6.26 Å². The first-order valence-electron chi connectivity index (χ1n) is 4.17. The quantitative estimate of drug-likeness (QED) is 0.748. The number of hydrogen-bond donors (Lipinski definition) is 1. The van der Waals surface area contributed by atoms with Crippen LogP contribution in [-0.2, 0) is 4.74 Å². The summed E-state index contributed by atoms with van der Waals surface area (Å²) in [6.45, 7) is 1.38. The number of methoxy groups -OCH3 is 1.